The molecule has 0 unspecified atom stereocenters. The molecule has 1 rings (SSSR count). The molecular weight excluding hydrogens is 140 g/mol. The zero-order chi connectivity index (χ0) is 8.10. The van der Waals surface area contributed by atoms with Gasteiger partial charge >= 0.3 is 0 Å². The molecule has 0 amide bonds. The Labute approximate surface area is 68.6 Å². The van der Waals surface area contributed by atoms with E-state index in [1.807, 2.05) is 0 Å². The quantitative estimate of drug-likeness (QED) is 0.673. The summed E-state index contributed by atoms with van der Waals surface area (Å²) in [5.41, 5.74) is 0. The minimum absolute atomic E-state index is 0.309. The zero-order valence-electron chi connectivity index (χ0n) is 7.25. The maximum absolute atomic E-state index is 8.90. The molecule has 1 fully saturated rings. The molecule has 0 bridgehead atoms. The summed E-state index contributed by atoms with van der Waals surface area (Å²) in [7, 11) is 0. The Morgan fingerprint density at radius 3 is 2.64 bits per heavy atom. The van der Waals surface area contributed by atoms with Gasteiger partial charge in [-0.1, -0.05) is 12.8 Å². The Balaban J connectivity index is 1.94. The van der Waals surface area contributed by atoms with Crippen LogP contribution >= 0.6 is 0 Å². The van der Waals surface area contributed by atoms with Crippen molar-refractivity contribution < 1.29 is 9.84 Å². The zero-order valence-corrected chi connectivity index (χ0v) is 7.25. The van der Waals surface area contributed by atoms with Crippen LogP contribution in [0, 0.1) is 5.92 Å². The number of hydrogen-bond donors (Lipinski definition) is 1. The average molecular weight is 158 g/mol. The molecule has 0 spiro atoms. The lowest BCUT2D eigenvalue weighted by Gasteiger charge is -2.10. The van der Waals surface area contributed by atoms with Gasteiger partial charge in [-0.3, -0.25) is 0 Å². The molecule has 1 aliphatic rings. The van der Waals surface area contributed by atoms with Crippen LogP contribution in [0.3, 0.4) is 0 Å². The normalized spacial score (nSPS) is 22.4. The Morgan fingerprint density at radius 2 is 2.09 bits per heavy atom. The van der Waals surface area contributed by atoms with Crippen molar-refractivity contribution in [2.24, 2.45) is 5.92 Å². The molecule has 1 saturated carbocycles. The fourth-order valence-electron chi connectivity index (χ4n) is 1.58. The van der Waals surface area contributed by atoms with E-state index in [1.54, 1.807) is 6.92 Å². The molecule has 1 aliphatic carbocycles. The smallest absolute Gasteiger partial charge is 0.0745 e. The van der Waals surface area contributed by atoms with Crippen molar-refractivity contribution >= 4 is 0 Å². The molecule has 0 aliphatic heterocycles. The summed E-state index contributed by atoms with van der Waals surface area (Å²) in [6.45, 7) is 3.11. The Bertz CT molecular complexity index is 95.7. The van der Waals surface area contributed by atoms with Gasteiger partial charge in [-0.2, -0.15) is 0 Å². The molecule has 0 aromatic carbocycles. The van der Waals surface area contributed by atoms with Gasteiger partial charge in [-0.05, 0) is 25.7 Å². The lowest BCUT2D eigenvalue weighted by molar-refractivity contribution is 0.0302. The first kappa shape index (κ1) is 9.01. The van der Waals surface area contributed by atoms with Crippen LogP contribution in [0.5, 0.6) is 0 Å². The standard InChI is InChI=1S/C9H18O2/c1-8(10)6-11-7-9-4-2-3-5-9/h8-10H,2-7H2,1H3/t8-/m1/s1. The monoisotopic (exact) mass is 158 g/mol. The highest BCUT2D eigenvalue weighted by atomic mass is 16.5. The lowest BCUT2D eigenvalue weighted by atomic mass is 10.1. The Morgan fingerprint density at radius 1 is 1.45 bits per heavy atom. The van der Waals surface area contributed by atoms with Gasteiger partial charge in [0.1, 0.15) is 0 Å². The van der Waals surface area contributed by atoms with Crippen molar-refractivity contribution in [1.29, 1.82) is 0 Å². The molecule has 2 heteroatoms. The third-order valence-electron chi connectivity index (χ3n) is 2.19. The van der Waals surface area contributed by atoms with Gasteiger partial charge in [0.05, 0.1) is 12.7 Å². The van der Waals surface area contributed by atoms with Gasteiger partial charge in [0.2, 0.25) is 0 Å². The third-order valence-corrected chi connectivity index (χ3v) is 2.19. The summed E-state index contributed by atoms with van der Waals surface area (Å²) in [4.78, 5) is 0. The SMILES string of the molecule is C[C@@H](O)COCC1CCCC1. The highest BCUT2D eigenvalue weighted by Crippen LogP contribution is 2.24. The molecule has 2 nitrogen and oxygen atoms in total. The van der Waals surface area contributed by atoms with Gasteiger partial charge in [-0.15, -0.1) is 0 Å². The molecule has 11 heavy (non-hydrogen) atoms. The number of aliphatic hydroxyl groups excluding tert-OH is 1. The molecule has 0 saturated heterocycles. The second-order valence-electron chi connectivity index (χ2n) is 3.54. The van der Waals surface area contributed by atoms with Crippen molar-refractivity contribution in [2.45, 2.75) is 38.7 Å². The van der Waals surface area contributed by atoms with E-state index < -0.39 is 0 Å². The van der Waals surface area contributed by atoms with Gasteiger partial charge in [0.25, 0.3) is 0 Å². The minimum atomic E-state index is -0.309. The summed E-state index contributed by atoms with van der Waals surface area (Å²) >= 11 is 0. The molecule has 1 atom stereocenters. The van der Waals surface area contributed by atoms with Crippen LogP contribution in [0.1, 0.15) is 32.6 Å². The summed E-state index contributed by atoms with van der Waals surface area (Å²) in [5, 5.41) is 8.90. The Kier molecular flexibility index (Phi) is 3.87. The van der Waals surface area contributed by atoms with Crippen LogP contribution in [0.2, 0.25) is 0 Å². The van der Waals surface area contributed by atoms with E-state index in [1.165, 1.54) is 25.7 Å². The molecule has 0 aromatic heterocycles. The van der Waals surface area contributed by atoms with Crippen LogP contribution in [-0.2, 0) is 4.74 Å². The summed E-state index contributed by atoms with van der Waals surface area (Å²) in [6.07, 6.45) is 5.06. The summed E-state index contributed by atoms with van der Waals surface area (Å²) < 4.78 is 5.33. The van der Waals surface area contributed by atoms with Crippen LogP contribution < -0.4 is 0 Å². The summed E-state index contributed by atoms with van der Waals surface area (Å²) in [5.74, 6) is 0.772. The minimum Gasteiger partial charge on any atom is -0.391 e. The number of hydrogen-bond acceptors (Lipinski definition) is 2. The van der Waals surface area contributed by atoms with Gasteiger partial charge in [0, 0.05) is 6.61 Å². The van der Waals surface area contributed by atoms with Crippen LogP contribution in [0.4, 0.5) is 0 Å². The van der Waals surface area contributed by atoms with Crippen LogP contribution in [0.25, 0.3) is 0 Å². The van der Waals surface area contributed by atoms with E-state index in [0.717, 1.165) is 12.5 Å². The predicted octanol–water partition coefficient (Wildman–Crippen LogP) is 1.57. The van der Waals surface area contributed by atoms with E-state index in [2.05, 4.69) is 0 Å². The van der Waals surface area contributed by atoms with E-state index in [4.69, 9.17) is 9.84 Å². The van der Waals surface area contributed by atoms with Crippen LogP contribution in [-0.4, -0.2) is 24.4 Å². The van der Waals surface area contributed by atoms with Crippen molar-refractivity contribution in [3.63, 3.8) is 0 Å². The highest BCUT2D eigenvalue weighted by molar-refractivity contribution is 4.66. The van der Waals surface area contributed by atoms with Gasteiger partial charge in [0.15, 0.2) is 0 Å². The maximum Gasteiger partial charge on any atom is 0.0745 e. The topological polar surface area (TPSA) is 29.5 Å². The molecule has 0 aromatic rings. The molecule has 0 radical (unpaired) electrons. The molecule has 0 heterocycles. The van der Waals surface area contributed by atoms with E-state index in [9.17, 15) is 0 Å². The highest BCUT2D eigenvalue weighted by Gasteiger charge is 2.14. The first-order chi connectivity index (χ1) is 5.29. The van der Waals surface area contributed by atoms with Gasteiger partial charge in [-0.25, -0.2) is 0 Å². The van der Waals surface area contributed by atoms with Gasteiger partial charge < -0.3 is 9.84 Å². The second kappa shape index (κ2) is 4.73. The van der Waals surface area contributed by atoms with Crippen LogP contribution in [0.15, 0.2) is 0 Å². The average Bonchev–Trinajstić information content (AvgIpc) is 2.39. The number of rotatable bonds is 4. The van der Waals surface area contributed by atoms with Crippen molar-refractivity contribution in [2.75, 3.05) is 13.2 Å². The molecular formula is C9H18O2. The van der Waals surface area contributed by atoms with E-state index in [0.29, 0.717) is 6.61 Å². The van der Waals surface area contributed by atoms with Crippen molar-refractivity contribution in [1.82, 2.24) is 0 Å². The number of ether oxygens (including phenoxy) is 1. The molecule has 66 valence electrons. The largest absolute Gasteiger partial charge is 0.391 e. The fraction of sp³-hybridized carbons (Fsp3) is 1.00. The fourth-order valence-corrected chi connectivity index (χ4v) is 1.58. The maximum atomic E-state index is 8.90. The summed E-state index contributed by atoms with van der Waals surface area (Å²) in [6, 6.07) is 0. The first-order valence-electron chi connectivity index (χ1n) is 4.55. The van der Waals surface area contributed by atoms with E-state index >= 15 is 0 Å². The first-order valence-corrected chi connectivity index (χ1v) is 4.55. The van der Waals surface area contributed by atoms with Crippen molar-refractivity contribution in [3.8, 4) is 0 Å². The van der Waals surface area contributed by atoms with Crippen molar-refractivity contribution in [3.05, 3.63) is 0 Å². The predicted molar refractivity (Wildman–Crippen MR) is 44.5 cm³/mol. The Hall–Kier alpha value is -0.0800. The third kappa shape index (κ3) is 3.73. The second-order valence-corrected chi connectivity index (χ2v) is 3.54. The molecule has 1 N–H and O–H groups in total. The lowest BCUT2D eigenvalue weighted by Crippen LogP contribution is -2.14. The van der Waals surface area contributed by atoms with E-state index in [-0.39, 0.29) is 6.10 Å². The number of aliphatic hydroxyl groups is 1.